The number of carbonyl (C=O) groups excluding carboxylic acids is 3. The van der Waals surface area contributed by atoms with Crippen molar-refractivity contribution in [3.8, 4) is 0 Å². The molecule has 4 aromatic rings. The van der Waals surface area contributed by atoms with Crippen LogP contribution in [0.1, 0.15) is 33.4 Å². The zero-order valence-corrected chi connectivity index (χ0v) is 18.5. The molecule has 0 saturated carbocycles. The number of nitrogens with one attached hydrogen (secondary N) is 2. The summed E-state index contributed by atoms with van der Waals surface area (Å²) in [5, 5.41) is 5.73. The fourth-order valence-corrected chi connectivity index (χ4v) is 3.23. The minimum atomic E-state index is -0.633. The third kappa shape index (κ3) is 5.74. The minimum Gasteiger partial charge on any atom is -0.459 e. The Kier molecular flexibility index (Phi) is 6.91. The van der Waals surface area contributed by atoms with Gasteiger partial charge in [0.2, 0.25) is 0 Å². The second-order valence-electron chi connectivity index (χ2n) is 7.23. The Morgan fingerprint density at radius 1 is 0.914 bits per heavy atom. The molecular weight excluding hydrogens is 456 g/mol. The highest BCUT2D eigenvalue weighted by atomic mass is 16.5. The van der Waals surface area contributed by atoms with E-state index in [2.05, 4.69) is 10.6 Å². The number of hydrogen-bond donors (Lipinski definition) is 2. The molecule has 2 N–H and O–H groups in total. The van der Waals surface area contributed by atoms with Gasteiger partial charge in [0.1, 0.15) is 12.2 Å². The third-order valence-corrected chi connectivity index (χ3v) is 4.83. The number of furan rings is 1. The number of rotatable bonds is 7. The molecule has 2 aromatic carbocycles. The number of fused-ring (bicyclic) bond motifs is 1. The lowest BCUT2D eigenvalue weighted by molar-refractivity contribution is 0.0473. The monoisotopic (exact) mass is 476 g/mol. The quantitative estimate of drug-likeness (QED) is 0.292. The molecular formula is C25H20N2O8. The first-order valence-electron chi connectivity index (χ1n) is 10.6. The summed E-state index contributed by atoms with van der Waals surface area (Å²) >= 11 is 0. The second kappa shape index (κ2) is 10.4. The summed E-state index contributed by atoms with van der Waals surface area (Å²) in [6.07, 6.45) is 0.763. The van der Waals surface area contributed by atoms with E-state index in [0.29, 0.717) is 22.3 Å². The largest absolute Gasteiger partial charge is 0.459 e. The van der Waals surface area contributed by atoms with E-state index in [1.54, 1.807) is 37.3 Å². The van der Waals surface area contributed by atoms with Gasteiger partial charge in [-0.25, -0.2) is 14.4 Å². The summed E-state index contributed by atoms with van der Waals surface area (Å²) in [7, 11) is 0. The van der Waals surface area contributed by atoms with Crippen molar-refractivity contribution in [1.82, 2.24) is 0 Å². The van der Waals surface area contributed by atoms with Crippen molar-refractivity contribution in [2.45, 2.75) is 13.5 Å². The molecule has 0 fully saturated rings. The number of esters is 1. The Bertz CT molecular complexity index is 1420. The number of amides is 2. The van der Waals surface area contributed by atoms with E-state index in [9.17, 15) is 19.2 Å². The topological polar surface area (TPSA) is 137 Å². The Morgan fingerprint density at radius 2 is 1.69 bits per heavy atom. The molecule has 0 atom stereocenters. The summed E-state index contributed by atoms with van der Waals surface area (Å²) in [6, 6.07) is 15.2. The predicted octanol–water partition coefficient (Wildman–Crippen LogP) is 4.56. The summed E-state index contributed by atoms with van der Waals surface area (Å²) < 4.78 is 20.5. The molecule has 0 aliphatic heterocycles. The molecule has 0 bridgehead atoms. The van der Waals surface area contributed by atoms with Crippen molar-refractivity contribution in [3.05, 3.63) is 94.2 Å². The smallest absolute Gasteiger partial charge is 0.411 e. The van der Waals surface area contributed by atoms with Gasteiger partial charge in [-0.15, -0.1) is 0 Å². The third-order valence-electron chi connectivity index (χ3n) is 4.83. The van der Waals surface area contributed by atoms with Crippen LogP contribution < -0.4 is 16.3 Å². The zero-order valence-electron chi connectivity index (χ0n) is 18.5. The van der Waals surface area contributed by atoms with Crippen molar-refractivity contribution in [2.24, 2.45) is 0 Å². The van der Waals surface area contributed by atoms with Gasteiger partial charge in [-0.1, -0.05) is 0 Å². The highest BCUT2D eigenvalue weighted by Crippen LogP contribution is 2.22. The van der Waals surface area contributed by atoms with Crippen molar-refractivity contribution in [1.29, 1.82) is 0 Å². The maximum absolute atomic E-state index is 12.5. The summed E-state index contributed by atoms with van der Waals surface area (Å²) in [4.78, 5) is 48.2. The van der Waals surface area contributed by atoms with Crippen LogP contribution in [0.5, 0.6) is 0 Å². The molecule has 0 aliphatic rings. The van der Waals surface area contributed by atoms with Crippen LogP contribution in [-0.4, -0.2) is 24.6 Å². The summed E-state index contributed by atoms with van der Waals surface area (Å²) in [5.74, 6) is -0.867. The average Bonchev–Trinajstić information content (AvgIpc) is 3.38. The lowest BCUT2D eigenvalue weighted by Gasteiger charge is -2.10. The van der Waals surface area contributed by atoms with Gasteiger partial charge < -0.3 is 23.6 Å². The first-order chi connectivity index (χ1) is 16.9. The standard InChI is InChI=1S/C25H20N2O8/c1-2-32-25(31)27-18-9-10-19-16(12-22(28)35-21(19)13-18)14-34-24(30)15-5-7-17(8-6-15)26-23(29)20-4-3-11-33-20/h3-13H,2,14H2,1H3,(H,26,29)(H,27,31). The molecule has 0 unspecified atom stereocenters. The van der Waals surface area contributed by atoms with Crippen LogP contribution in [0.25, 0.3) is 11.0 Å². The van der Waals surface area contributed by atoms with Crippen LogP contribution in [0, 0.1) is 0 Å². The van der Waals surface area contributed by atoms with Gasteiger partial charge in [-0.05, 0) is 55.5 Å². The molecule has 0 radical (unpaired) electrons. The highest BCUT2D eigenvalue weighted by Gasteiger charge is 2.13. The first kappa shape index (κ1) is 23.3. The molecule has 10 heteroatoms. The second-order valence-corrected chi connectivity index (χ2v) is 7.23. The van der Waals surface area contributed by atoms with Gasteiger partial charge >= 0.3 is 17.7 Å². The lowest BCUT2D eigenvalue weighted by Crippen LogP contribution is -2.13. The van der Waals surface area contributed by atoms with E-state index in [1.165, 1.54) is 36.6 Å². The molecule has 4 rings (SSSR count). The van der Waals surface area contributed by atoms with Gasteiger partial charge in [0.25, 0.3) is 5.91 Å². The van der Waals surface area contributed by atoms with Crippen LogP contribution in [0.4, 0.5) is 16.2 Å². The molecule has 0 aliphatic carbocycles. The van der Waals surface area contributed by atoms with Crippen LogP contribution >= 0.6 is 0 Å². The van der Waals surface area contributed by atoms with Crippen LogP contribution in [-0.2, 0) is 16.1 Å². The van der Waals surface area contributed by atoms with Crippen molar-refractivity contribution >= 4 is 40.3 Å². The first-order valence-corrected chi connectivity index (χ1v) is 10.6. The normalized spacial score (nSPS) is 10.5. The van der Waals surface area contributed by atoms with Gasteiger partial charge in [0.05, 0.1) is 18.4 Å². The Hall–Kier alpha value is -4.86. The van der Waals surface area contributed by atoms with Crippen LogP contribution in [0.3, 0.4) is 0 Å². The Balaban J connectivity index is 1.43. The summed E-state index contributed by atoms with van der Waals surface area (Å²) in [5.41, 5.74) is 1.14. The van der Waals surface area contributed by atoms with E-state index in [1.807, 2.05) is 0 Å². The van der Waals surface area contributed by atoms with Gasteiger partial charge in [-0.3, -0.25) is 10.1 Å². The SMILES string of the molecule is CCOC(=O)Nc1ccc2c(COC(=O)c3ccc(NC(=O)c4ccco4)cc3)cc(=O)oc2c1. The highest BCUT2D eigenvalue weighted by molar-refractivity contribution is 6.02. The fraction of sp³-hybridized carbons (Fsp3) is 0.120. The number of benzene rings is 2. The number of hydrogen-bond acceptors (Lipinski definition) is 8. The van der Waals surface area contributed by atoms with Gasteiger partial charge in [-0.2, -0.15) is 0 Å². The van der Waals surface area contributed by atoms with E-state index >= 15 is 0 Å². The van der Waals surface area contributed by atoms with Crippen molar-refractivity contribution < 1.29 is 32.7 Å². The molecule has 10 nitrogen and oxygen atoms in total. The van der Waals surface area contributed by atoms with Gasteiger partial charge in [0.15, 0.2) is 5.76 Å². The number of carbonyl (C=O) groups is 3. The minimum absolute atomic E-state index is 0.164. The Morgan fingerprint density at radius 3 is 2.40 bits per heavy atom. The van der Waals surface area contributed by atoms with Crippen molar-refractivity contribution in [3.63, 3.8) is 0 Å². The van der Waals surface area contributed by atoms with E-state index in [-0.39, 0.29) is 30.1 Å². The molecule has 2 aromatic heterocycles. The van der Waals surface area contributed by atoms with E-state index in [0.717, 1.165) is 0 Å². The van der Waals surface area contributed by atoms with Crippen LogP contribution in [0.15, 0.2) is 80.6 Å². The molecule has 178 valence electrons. The molecule has 0 spiro atoms. The average molecular weight is 476 g/mol. The zero-order chi connectivity index (χ0) is 24.8. The number of anilines is 2. The maximum atomic E-state index is 12.5. The predicted molar refractivity (Wildman–Crippen MR) is 125 cm³/mol. The van der Waals surface area contributed by atoms with Crippen molar-refractivity contribution in [2.75, 3.05) is 17.2 Å². The fourth-order valence-electron chi connectivity index (χ4n) is 3.23. The molecule has 2 amide bonds. The molecule has 2 heterocycles. The summed E-state index contributed by atoms with van der Waals surface area (Å²) in [6.45, 7) is 1.72. The van der Waals surface area contributed by atoms with Gasteiger partial charge in [0, 0.05) is 34.5 Å². The van der Waals surface area contributed by atoms with Crippen LogP contribution in [0.2, 0.25) is 0 Å². The number of ether oxygens (including phenoxy) is 2. The molecule has 35 heavy (non-hydrogen) atoms. The Labute approximate surface area is 198 Å². The van der Waals surface area contributed by atoms with E-state index < -0.39 is 23.6 Å². The van der Waals surface area contributed by atoms with E-state index in [4.69, 9.17) is 18.3 Å². The maximum Gasteiger partial charge on any atom is 0.411 e. The molecule has 0 saturated heterocycles. The lowest BCUT2D eigenvalue weighted by atomic mass is 10.1.